The first-order chi connectivity index (χ1) is 11.8. The molecule has 0 fully saturated rings. The van der Waals surface area contributed by atoms with Crippen LogP contribution in [0.4, 0.5) is 0 Å². The zero-order valence-corrected chi connectivity index (χ0v) is 15.6. The number of carbonyl (C=O) groups is 1. The maximum atomic E-state index is 12.3. The van der Waals surface area contributed by atoms with Crippen molar-refractivity contribution in [1.82, 2.24) is 5.32 Å². The smallest absolute Gasteiger partial charge is 0.261 e. The largest absolute Gasteiger partial charge is 0.491 e. The second kappa shape index (κ2) is 8.56. The fraction of sp³-hybridized carbons (Fsp3) is 0.381. The van der Waals surface area contributed by atoms with Gasteiger partial charge in [-0.3, -0.25) is 4.79 Å². The van der Waals surface area contributed by atoms with Gasteiger partial charge in [0, 0.05) is 6.54 Å². The number of hydrogen-bond donors (Lipinski definition) is 1. The van der Waals surface area contributed by atoms with Crippen LogP contribution < -0.4 is 14.8 Å². The van der Waals surface area contributed by atoms with E-state index < -0.39 is 6.10 Å². The standard InChI is InChI=1S/C21H27NO3/c1-14(2)24-19-8-6-7-18(12-19)13-22-21(23)17(5)25-20-10-9-15(3)16(4)11-20/h6-12,14,17H,13H2,1-5H3,(H,22,23). The number of rotatable bonds is 7. The van der Waals surface area contributed by atoms with E-state index in [9.17, 15) is 4.79 Å². The van der Waals surface area contributed by atoms with E-state index in [1.807, 2.05) is 70.2 Å². The third kappa shape index (κ3) is 5.82. The lowest BCUT2D eigenvalue weighted by Crippen LogP contribution is -2.35. The van der Waals surface area contributed by atoms with E-state index in [0.29, 0.717) is 12.3 Å². The molecule has 134 valence electrons. The van der Waals surface area contributed by atoms with Crippen LogP contribution in [0.3, 0.4) is 0 Å². The molecule has 1 N–H and O–H groups in total. The van der Waals surface area contributed by atoms with Crippen LogP contribution in [0.25, 0.3) is 0 Å². The summed E-state index contributed by atoms with van der Waals surface area (Å²) in [6, 6.07) is 13.6. The highest BCUT2D eigenvalue weighted by Gasteiger charge is 2.14. The molecule has 4 heteroatoms. The number of aryl methyl sites for hydroxylation is 2. The Labute approximate surface area is 150 Å². The third-order valence-corrected chi connectivity index (χ3v) is 3.90. The third-order valence-electron chi connectivity index (χ3n) is 3.90. The van der Waals surface area contributed by atoms with Crippen LogP contribution in [-0.4, -0.2) is 18.1 Å². The number of nitrogens with one attached hydrogen (secondary N) is 1. The van der Waals surface area contributed by atoms with Gasteiger partial charge in [0.2, 0.25) is 0 Å². The van der Waals surface area contributed by atoms with Crippen LogP contribution in [0.5, 0.6) is 11.5 Å². The Hall–Kier alpha value is -2.49. The summed E-state index contributed by atoms with van der Waals surface area (Å²) in [5.74, 6) is 1.37. The van der Waals surface area contributed by atoms with E-state index in [1.165, 1.54) is 5.56 Å². The Morgan fingerprint density at radius 1 is 0.960 bits per heavy atom. The van der Waals surface area contributed by atoms with Gasteiger partial charge in [0.15, 0.2) is 6.10 Å². The van der Waals surface area contributed by atoms with Gasteiger partial charge in [0.1, 0.15) is 11.5 Å². The molecule has 0 saturated heterocycles. The SMILES string of the molecule is Cc1ccc(OC(C)C(=O)NCc2cccc(OC(C)C)c2)cc1C. The zero-order chi connectivity index (χ0) is 18.4. The topological polar surface area (TPSA) is 47.6 Å². The second-order valence-electron chi connectivity index (χ2n) is 6.54. The molecule has 2 aromatic carbocycles. The molecule has 0 heterocycles. The molecular weight excluding hydrogens is 314 g/mol. The van der Waals surface area contributed by atoms with Gasteiger partial charge in [-0.15, -0.1) is 0 Å². The summed E-state index contributed by atoms with van der Waals surface area (Å²) in [7, 11) is 0. The summed E-state index contributed by atoms with van der Waals surface area (Å²) >= 11 is 0. The second-order valence-corrected chi connectivity index (χ2v) is 6.54. The highest BCUT2D eigenvalue weighted by molar-refractivity contribution is 5.80. The minimum atomic E-state index is -0.558. The quantitative estimate of drug-likeness (QED) is 0.822. The molecular formula is C21H27NO3. The number of benzene rings is 2. The molecule has 1 unspecified atom stereocenters. The van der Waals surface area contributed by atoms with Crippen LogP contribution in [-0.2, 0) is 11.3 Å². The molecule has 1 amide bonds. The van der Waals surface area contributed by atoms with Crippen molar-refractivity contribution in [3.63, 3.8) is 0 Å². The minimum absolute atomic E-state index is 0.122. The molecule has 2 rings (SSSR count). The van der Waals surface area contributed by atoms with Gasteiger partial charge >= 0.3 is 0 Å². The van der Waals surface area contributed by atoms with Crippen molar-refractivity contribution in [2.75, 3.05) is 0 Å². The van der Waals surface area contributed by atoms with Crippen LogP contribution in [0.15, 0.2) is 42.5 Å². The monoisotopic (exact) mass is 341 g/mol. The lowest BCUT2D eigenvalue weighted by Gasteiger charge is -2.16. The average molecular weight is 341 g/mol. The lowest BCUT2D eigenvalue weighted by atomic mass is 10.1. The molecule has 0 radical (unpaired) electrons. The van der Waals surface area contributed by atoms with E-state index >= 15 is 0 Å². The molecule has 0 aliphatic carbocycles. The minimum Gasteiger partial charge on any atom is -0.491 e. The molecule has 0 spiro atoms. The van der Waals surface area contributed by atoms with E-state index in [0.717, 1.165) is 16.9 Å². The molecule has 0 bridgehead atoms. The fourth-order valence-corrected chi connectivity index (χ4v) is 2.38. The van der Waals surface area contributed by atoms with E-state index in [2.05, 4.69) is 5.32 Å². The summed E-state index contributed by atoms with van der Waals surface area (Å²) < 4.78 is 11.4. The Balaban J connectivity index is 1.89. The summed E-state index contributed by atoms with van der Waals surface area (Å²) in [5, 5.41) is 2.91. The van der Waals surface area contributed by atoms with Crippen LogP contribution in [0.2, 0.25) is 0 Å². The van der Waals surface area contributed by atoms with Crippen molar-refractivity contribution in [2.45, 2.75) is 53.4 Å². The molecule has 1 atom stereocenters. The number of hydrogen-bond acceptors (Lipinski definition) is 3. The van der Waals surface area contributed by atoms with Gasteiger partial charge in [-0.1, -0.05) is 18.2 Å². The van der Waals surface area contributed by atoms with Crippen molar-refractivity contribution >= 4 is 5.91 Å². The predicted octanol–water partition coefficient (Wildman–Crippen LogP) is 4.17. The summed E-state index contributed by atoms with van der Waals surface area (Å²) in [5.41, 5.74) is 3.34. The maximum absolute atomic E-state index is 12.3. The highest BCUT2D eigenvalue weighted by Crippen LogP contribution is 2.18. The van der Waals surface area contributed by atoms with Crippen LogP contribution >= 0.6 is 0 Å². The maximum Gasteiger partial charge on any atom is 0.261 e. The molecule has 0 aromatic heterocycles. The van der Waals surface area contributed by atoms with Gasteiger partial charge in [0.05, 0.1) is 6.10 Å². The Kier molecular flexibility index (Phi) is 6.45. The van der Waals surface area contributed by atoms with E-state index in [1.54, 1.807) is 6.92 Å². The summed E-state index contributed by atoms with van der Waals surface area (Å²) in [6.45, 7) is 10.2. The van der Waals surface area contributed by atoms with Gasteiger partial charge < -0.3 is 14.8 Å². The van der Waals surface area contributed by atoms with Crippen molar-refractivity contribution in [1.29, 1.82) is 0 Å². The first-order valence-corrected chi connectivity index (χ1v) is 8.62. The molecule has 4 nitrogen and oxygen atoms in total. The summed E-state index contributed by atoms with van der Waals surface area (Å²) in [4.78, 5) is 12.3. The van der Waals surface area contributed by atoms with Crippen LogP contribution in [0.1, 0.15) is 37.5 Å². The van der Waals surface area contributed by atoms with Crippen molar-refractivity contribution in [3.8, 4) is 11.5 Å². The predicted molar refractivity (Wildman–Crippen MR) is 100 cm³/mol. The van der Waals surface area contributed by atoms with Gasteiger partial charge in [-0.2, -0.15) is 0 Å². The van der Waals surface area contributed by atoms with Crippen molar-refractivity contribution in [2.24, 2.45) is 0 Å². The Morgan fingerprint density at radius 3 is 2.36 bits per heavy atom. The summed E-state index contributed by atoms with van der Waals surface area (Å²) in [6.07, 6.45) is -0.437. The number of carbonyl (C=O) groups excluding carboxylic acids is 1. The Morgan fingerprint density at radius 2 is 1.68 bits per heavy atom. The number of amides is 1. The van der Waals surface area contributed by atoms with Crippen molar-refractivity contribution < 1.29 is 14.3 Å². The zero-order valence-electron chi connectivity index (χ0n) is 15.6. The first kappa shape index (κ1) is 18.8. The van der Waals surface area contributed by atoms with Gasteiger partial charge in [-0.05, 0) is 75.6 Å². The van der Waals surface area contributed by atoms with Gasteiger partial charge in [0.25, 0.3) is 5.91 Å². The van der Waals surface area contributed by atoms with Crippen molar-refractivity contribution in [3.05, 3.63) is 59.2 Å². The Bertz CT molecular complexity index is 725. The van der Waals surface area contributed by atoms with E-state index in [4.69, 9.17) is 9.47 Å². The fourth-order valence-electron chi connectivity index (χ4n) is 2.38. The molecule has 0 saturated carbocycles. The van der Waals surface area contributed by atoms with E-state index in [-0.39, 0.29) is 12.0 Å². The molecule has 0 aliphatic heterocycles. The molecule has 25 heavy (non-hydrogen) atoms. The average Bonchev–Trinajstić information content (AvgIpc) is 2.55. The first-order valence-electron chi connectivity index (χ1n) is 8.62. The normalized spacial score (nSPS) is 11.9. The number of ether oxygens (including phenoxy) is 2. The lowest BCUT2D eigenvalue weighted by molar-refractivity contribution is -0.127. The van der Waals surface area contributed by atoms with Crippen LogP contribution in [0, 0.1) is 13.8 Å². The molecule has 2 aromatic rings. The van der Waals surface area contributed by atoms with Gasteiger partial charge in [-0.25, -0.2) is 0 Å². The highest BCUT2D eigenvalue weighted by atomic mass is 16.5. The molecule has 0 aliphatic rings.